The van der Waals surface area contributed by atoms with E-state index in [1.54, 1.807) is 14.2 Å². The molecule has 1 atom stereocenters. The molecule has 0 bridgehead atoms. The molecule has 108 valence electrons. The molecule has 1 heterocycles. The topological polar surface area (TPSA) is 47.7 Å². The predicted molar refractivity (Wildman–Crippen MR) is 79.6 cm³/mol. The normalized spacial score (nSPS) is 18.6. The minimum Gasteiger partial charge on any atom is -0.495 e. The van der Waals surface area contributed by atoms with Gasteiger partial charge in [0.25, 0.3) is 0 Å². The Bertz CT molecular complexity index is 505. The zero-order valence-corrected chi connectivity index (χ0v) is 12.2. The van der Waals surface area contributed by atoms with Crippen LogP contribution < -0.4 is 10.5 Å². The Morgan fingerprint density at radius 1 is 1.40 bits per heavy atom. The van der Waals surface area contributed by atoms with Crippen LogP contribution in [0.25, 0.3) is 0 Å². The second-order valence-corrected chi connectivity index (χ2v) is 4.92. The van der Waals surface area contributed by atoms with E-state index in [0.717, 1.165) is 37.4 Å². The maximum absolute atomic E-state index is 5.43. The molecular formula is C16H22N2O2. The summed E-state index contributed by atoms with van der Waals surface area (Å²) in [6.07, 6.45) is 1.47. The van der Waals surface area contributed by atoms with Crippen molar-refractivity contribution in [3.63, 3.8) is 0 Å². The van der Waals surface area contributed by atoms with Gasteiger partial charge in [0.15, 0.2) is 0 Å². The molecule has 1 fully saturated rings. The van der Waals surface area contributed by atoms with Gasteiger partial charge < -0.3 is 15.2 Å². The van der Waals surface area contributed by atoms with Crippen LogP contribution in [-0.2, 0) is 11.3 Å². The zero-order chi connectivity index (χ0) is 14.4. The molecule has 0 aliphatic carbocycles. The van der Waals surface area contributed by atoms with E-state index in [1.165, 1.54) is 5.56 Å². The zero-order valence-electron chi connectivity index (χ0n) is 12.2. The van der Waals surface area contributed by atoms with Crippen LogP contribution in [0.15, 0.2) is 18.2 Å². The number of ether oxygens (including phenoxy) is 2. The van der Waals surface area contributed by atoms with Crippen molar-refractivity contribution in [1.29, 1.82) is 0 Å². The van der Waals surface area contributed by atoms with Crippen LogP contribution in [-0.4, -0.2) is 44.9 Å². The molecule has 0 spiro atoms. The van der Waals surface area contributed by atoms with Crippen molar-refractivity contribution in [3.05, 3.63) is 29.3 Å². The van der Waals surface area contributed by atoms with Gasteiger partial charge in [0.05, 0.1) is 25.3 Å². The molecule has 0 aromatic heterocycles. The fourth-order valence-corrected chi connectivity index (χ4v) is 2.49. The number of methoxy groups -OCH3 is 2. The molecule has 2 rings (SSSR count). The molecule has 1 aliphatic heterocycles. The van der Waals surface area contributed by atoms with Gasteiger partial charge in [-0.15, -0.1) is 0 Å². The summed E-state index contributed by atoms with van der Waals surface area (Å²) in [6, 6.07) is 6.15. The van der Waals surface area contributed by atoms with Gasteiger partial charge in [-0.25, -0.2) is 0 Å². The van der Waals surface area contributed by atoms with Gasteiger partial charge in [-0.1, -0.05) is 17.9 Å². The van der Waals surface area contributed by atoms with Crippen molar-refractivity contribution >= 4 is 0 Å². The summed E-state index contributed by atoms with van der Waals surface area (Å²) in [5, 5.41) is 0. The average molecular weight is 274 g/mol. The molecule has 1 saturated heterocycles. The second-order valence-electron chi connectivity index (χ2n) is 4.92. The molecule has 1 unspecified atom stereocenters. The third-order valence-electron chi connectivity index (χ3n) is 3.56. The van der Waals surface area contributed by atoms with Crippen LogP contribution in [0, 0.1) is 11.8 Å². The summed E-state index contributed by atoms with van der Waals surface area (Å²) in [4.78, 5) is 2.40. The lowest BCUT2D eigenvalue weighted by atomic mass is 10.1. The van der Waals surface area contributed by atoms with Crippen molar-refractivity contribution in [2.45, 2.75) is 19.1 Å². The van der Waals surface area contributed by atoms with Gasteiger partial charge in [0.1, 0.15) is 5.75 Å². The van der Waals surface area contributed by atoms with Crippen LogP contribution in [0.1, 0.15) is 17.5 Å². The monoisotopic (exact) mass is 274 g/mol. The molecule has 0 radical (unpaired) electrons. The van der Waals surface area contributed by atoms with Crippen LogP contribution in [0.5, 0.6) is 5.75 Å². The lowest BCUT2D eigenvalue weighted by molar-refractivity contribution is 0.107. The van der Waals surface area contributed by atoms with Gasteiger partial charge in [0, 0.05) is 26.7 Å². The Kier molecular flexibility index (Phi) is 5.42. The number of likely N-dealkylation sites (tertiary alicyclic amines) is 1. The molecule has 1 aliphatic rings. The fourth-order valence-electron chi connectivity index (χ4n) is 2.49. The number of nitrogens with two attached hydrogens (primary N) is 1. The third kappa shape index (κ3) is 3.73. The highest BCUT2D eigenvalue weighted by Crippen LogP contribution is 2.21. The molecule has 1 aromatic rings. The van der Waals surface area contributed by atoms with Gasteiger partial charge in [-0.3, -0.25) is 4.90 Å². The largest absolute Gasteiger partial charge is 0.495 e. The van der Waals surface area contributed by atoms with Crippen molar-refractivity contribution in [1.82, 2.24) is 4.90 Å². The first kappa shape index (κ1) is 14.9. The predicted octanol–water partition coefficient (Wildman–Crippen LogP) is 1.23. The average Bonchev–Trinajstić information content (AvgIpc) is 2.93. The third-order valence-corrected chi connectivity index (χ3v) is 3.56. The van der Waals surface area contributed by atoms with E-state index in [2.05, 4.69) is 28.9 Å². The van der Waals surface area contributed by atoms with Gasteiger partial charge in [-0.05, 0) is 24.1 Å². The Balaban J connectivity index is 2.09. The maximum Gasteiger partial charge on any atom is 0.134 e. The highest BCUT2D eigenvalue weighted by atomic mass is 16.5. The SMILES string of the molecule is COc1ccc(CN2CCC(OC)C2)cc1C#CCN. The molecule has 0 saturated carbocycles. The Labute approximate surface area is 120 Å². The van der Waals surface area contributed by atoms with Crippen molar-refractivity contribution in [2.75, 3.05) is 33.9 Å². The van der Waals surface area contributed by atoms with E-state index in [1.807, 2.05) is 6.07 Å². The molecule has 4 heteroatoms. The Morgan fingerprint density at radius 2 is 2.25 bits per heavy atom. The van der Waals surface area contributed by atoms with Crippen molar-refractivity contribution in [3.8, 4) is 17.6 Å². The Hall–Kier alpha value is -1.54. The lowest BCUT2D eigenvalue weighted by Crippen LogP contribution is -2.22. The van der Waals surface area contributed by atoms with Gasteiger partial charge in [0.2, 0.25) is 0 Å². The van der Waals surface area contributed by atoms with E-state index >= 15 is 0 Å². The summed E-state index contributed by atoms with van der Waals surface area (Å²) >= 11 is 0. The first-order chi connectivity index (χ1) is 9.76. The van der Waals surface area contributed by atoms with E-state index in [0.29, 0.717) is 12.6 Å². The number of nitrogens with zero attached hydrogens (tertiary/aromatic N) is 1. The summed E-state index contributed by atoms with van der Waals surface area (Å²) in [6.45, 7) is 3.34. The molecule has 20 heavy (non-hydrogen) atoms. The highest BCUT2D eigenvalue weighted by molar-refractivity contribution is 5.48. The summed E-state index contributed by atoms with van der Waals surface area (Å²) in [7, 11) is 3.44. The summed E-state index contributed by atoms with van der Waals surface area (Å²) in [5.74, 6) is 6.74. The molecule has 2 N–H and O–H groups in total. The number of hydrogen-bond acceptors (Lipinski definition) is 4. The number of hydrogen-bond donors (Lipinski definition) is 1. The first-order valence-corrected chi connectivity index (χ1v) is 6.87. The van der Waals surface area contributed by atoms with Crippen molar-refractivity contribution < 1.29 is 9.47 Å². The van der Waals surface area contributed by atoms with E-state index in [-0.39, 0.29) is 0 Å². The molecule has 1 aromatic carbocycles. The summed E-state index contributed by atoms with van der Waals surface area (Å²) < 4.78 is 10.7. The second kappa shape index (κ2) is 7.30. The minimum absolute atomic E-state index is 0.356. The maximum atomic E-state index is 5.43. The first-order valence-electron chi connectivity index (χ1n) is 6.87. The summed E-state index contributed by atoms with van der Waals surface area (Å²) in [5.41, 5.74) is 7.57. The van der Waals surface area contributed by atoms with Gasteiger partial charge >= 0.3 is 0 Å². The van der Waals surface area contributed by atoms with Crippen molar-refractivity contribution in [2.24, 2.45) is 5.73 Å². The highest BCUT2D eigenvalue weighted by Gasteiger charge is 2.21. The van der Waals surface area contributed by atoms with Gasteiger partial charge in [-0.2, -0.15) is 0 Å². The lowest BCUT2D eigenvalue weighted by Gasteiger charge is -2.16. The molecular weight excluding hydrogens is 252 g/mol. The minimum atomic E-state index is 0.356. The van der Waals surface area contributed by atoms with Crippen LogP contribution in [0.4, 0.5) is 0 Å². The number of rotatable bonds is 4. The fraction of sp³-hybridized carbons (Fsp3) is 0.500. The van der Waals surface area contributed by atoms with Crippen LogP contribution >= 0.6 is 0 Å². The van der Waals surface area contributed by atoms with Crippen LogP contribution in [0.3, 0.4) is 0 Å². The smallest absolute Gasteiger partial charge is 0.134 e. The van der Waals surface area contributed by atoms with E-state index in [9.17, 15) is 0 Å². The molecule has 0 amide bonds. The standard InChI is InChI=1S/C16H22N2O2/c1-19-15-7-9-18(12-15)11-13-5-6-16(20-2)14(10-13)4-3-8-17/h5-6,10,15H,7-9,11-12,17H2,1-2H3. The van der Waals surface area contributed by atoms with E-state index < -0.39 is 0 Å². The number of benzene rings is 1. The van der Waals surface area contributed by atoms with E-state index in [4.69, 9.17) is 15.2 Å². The van der Waals surface area contributed by atoms with Crippen LogP contribution in [0.2, 0.25) is 0 Å². The Morgan fingerprint density at radius 3 is 2.90 bits per heavy atom. The quantitative estimate of drug-likeness (QED) is 0.839. The molecule has 4 nitrogen and oxygen atoms in total.